The van der Waals surface area contributed by atoms with Gasteiger partial charge >= 0.3 is 5.97 Å². The summed E-state index contributed by atoms with van der Waals surface area (Å²) in [5, 5.41) is 8.98. The molecule has 0 radical (unpaired) electrons. The van der Waals surface area contributed by atoms with E-state index in [-0.39, 0.29) is 5.57 Å². The second-order valence-corrected chi connectivity index (χ2v) is 3.39. The number of hydrogen-bond acceptors (Lipinski definition) is 4. The smallest absolute Gasteiger partial charge is 0.327 e. The first-order chi connectivity index (χ1) is 8.19. The van der Waals surface area contributed by atoms with Gasteiger partial charge in [-0.2, -0.15) is 0 Å². The van der Waals surface area contributed by atoms with E-state index in [4.69, 9.17) is 5.11 Å². The number of carboxylic acids is 1. The molecule has 0 fully saturated rings. The van der Waals surface area contributed by atoms with Crippen molar-refractivity contribution in [1.29, 1.82) is 0 Å². The lowest BCUT2D eigenvalue weighted by atomic mass is 10.1. The van der Waals surface area contributed by atoms with E-state index in [1.807, 2.05) is 18.2 Å². The molecule has 1 aromatic rings. The molecule has 1 rings (SSSR count). The number of hydrazine groups is 1. The maximum Gasteiger partial charge on any atom is 0.327 e. The molecule has 90 valence electrons. The molecule has 1 unspecified atom stereocenters. The number of para-hydroxylation sites is 1. The third-order valence-electron chi connectivity index (χ3n) is 2.24. The summed E-state index contributed by atoms with van der Waals surface area (Å²) in [7, 11) is 0. The van der Waals surface area contributed by atoms with Gasteiger partial charge in [0.2, 0.25) is 0 Å². The Bertz CT molecular complexity index is 425. The van der Waals surface area contributed by atoms with Gasteiger partial charge in [0.25, 0.3) is 0 Å². The Hall–Kier alpha value is -2.10. The van der Waals surface area contributed by atoms with Crippen molar-refractivity contribution < 1.29 is 14.7 Å². The van der Waals surface area contributed by atoms with Crippen molar-refractivity contribution in [3.05, 3.63) is 35.9 Å². The molecular weight excluding hydrogens is 220 g/mol. The van der Waals surface area contributed by atoms with Crippen LogP contribution in [0.15, 0.2) is 35.9 Å². The van der Waals surface area contributed by atoms with Gasteiger partial charge in [-0.25, -0.2) is 10.2 Å². The summed E-state index contributed by atoms with van der Waals surface area (Å²) in [6.07, 6.45) is 0.337. The van der Waals surface area contributed by atoms with Crippen LogP contribution < -0.4 is 10.9 Å². The third kappa shape index (κ3) is 3.75. The number of carbonyl (C=O) groups excluding carboxylic acids is 1. The normalized spacial score (nSPS) is 11.4. The quantitative estimate of drug-likeness (QED) is 0.509. The monoisotopic (exact) mass is 234 g/mol. The number of rotatable bonds is 6. The molecule has 0 spiro atoms. The Morgan fingerprint density at radius 1 is 1.41 bits per heavy atom. The average molecular weight is 234 g/mol. The van der Waals surface area contributed by atoms with Crippen LogP contribution in [0.1, 0.15) is 13.3 Å². The predicted octanol–water partition coefficient (Wildman–Crippen LogP) is 1.22. The molecule has 0 bridgehead atoms. The van der Waals surface area contributed by atoms with Crippen LogP contribution in [0.25, 0.3) is 0 Å². The van der Waals surface area contributed by atoms with Crippen molar-refractivity contribution in [2.75, 3.05) is 5.43 Å². The van der Waals surface area contributed by atoms with Crippen molar-refractivity contribution >= 4 is 17.6 Å². The van der Waals surface area contributed by atoms with Crippen LogP contribution in [-0.2, 0) is 9.59 Å². The highest BCUT2D eigenvalue weighted by atomic mass is 16.4. The summed E-state index contributed by atoms with van der Waals surface area (Å²) in [4.78, 5) is 21.6. The summed E-state index contributed by atoms with van der Waals surface area (Å²) >= 11 is 0. The molecular formula is C12H14N2O3. The topological polar surface area (TPSA) is 78.4 Å². The van der Waals surface area contributed by atoms with Gasteiger partial charge in [-0.3, -0.25) is 4.79 Å². The minimum absolute atomic E-state index is 0.168. The van der Waals surface area contributed by atoms with Gasteiger partial charge in [0.05, 0.1) is 0 Å². The average Bonchev–Trinajstić information content (AvgIpc) is 2.35. The zero-order valence-electron chi connectivity index (χ0n) is 9.43. The fourth-order valence-electron chi connectivity index (χ4n) is 1.31. The zero-order valence-corrected chi connectivity index (χ0v) is 9.43. The Morgan fingerprint density at radius 3 is 2.53 bits per heavy atom. The Morgan fingerprint density at radius 2 is 2.06 bits per heavy atom. The van der Waals surface area contributed by atoms with Crippen LogP contribution in [0, 0.1) is 0 Å². The van der Waals surface area contributed by atoms with Gasteiger partial charge in [0, 0.05) is 11.3 Å². The van der Waals surface area contributed by atoms with Crippen molar-refractivity contribution in [2.24, 2.45) is 0 Å². The number of anilines is 1. The van der Waals surface area contributed by atoms with Gasteiger partial charge < -0.3 is 10.5 Å². The van der Waals surface area contributed by atoms with Gasteiger partial charge in [-0.15, -0.1) is 0 Å². The van der Waals surface area contributed by atoms with E-state index < -0.39 is 12.0 Å². The highest BCUT2D eigenvalue weighted by Crippen LogP contribution is 2.07. The predicted molar refractivity (Wildman–Crippen MR) is 64.1 cm³/mol. The lowest BCUT2D eigenvalue weighted by Gasteiger charge is -2.16. The molecule has 0 aliphatic heterocycles. The van der Waals surface area contributed by atoms with Crippen molar-refractivity contribution in [3.8, 4) is 0 Å². The van der Waals surface area contributed by atoms with Crippen LogP contribution >= 0.6 is 0 Å². The summed E-state index contributed by atoms with van der Waals surface area (Å²) in [6, 6.07) is 7.97. The number of carbonyl (C=O) groups is 1. The zero-order chi connectivity index (χ0) is 12.7. The summed E-state index contributed by atoms with van der Waals surface area (Å²) < 4.78 is 0. The highest BCUT2D eigenvalue weighted by Gasteiger charge is 2.21. The Balaban J connectivity index is 2.69. The molecule has 1 aromatic carbocycles. The first-order valence-corrected chi connectivity index (χ1v) is 5.22. The van der Waals surface area contributed by atoms with E-state index in [9.17, 15) is 9.59 Å². The molecule has 0 heterocycles. The number of carboxylic acid groups (broad SMARTS) is 1. The maximum absolute atomic E-state index is 11.0. The fraction of sp³-hybridized carbons (Fsp3) is 0.250. The summed E-state index contributed by atoms with van der Waals surface area (Å²) in [5.74, 6) is 0.536. The summed E-state index contributed by atoms with van der Waals surface area (Å²) in [6.45, 7) is 1.71. The van der Waals surface area contributed by atoms with Crippen molar-refractivity contribution in [1.82, 2.24) is 5.43 Å². The second kappa shape index (κ2) is 6.48. The lowest BCUT2D eigenvalue weighted by molar-refractivity contribution is -0.138. The highest BCUT2D eigenvalue weighted by molar-refractivity contribution is 5.81. The molecule has 1 atom stereocenters. The van der Waals surface area contributed by atoms with Crippen LogP contribution in [0.2, 0.25) is 0 Å². The minimum atomic E-state index is -1.12. The van der Waals surface area contributed by atoms with Crippen LogP contribution in [-0.4, -0.2) is 23.1 Å². The van der Waals surface area contributed by atoms with E-state index in [0.29, 0.717) is 6.42 Å². The van der Waals surface area contributed by atoms with E-state index in [1.165, 1.54) is 0 Å². The molecule has 0 saturated heterocycles. The molecule has 17 heavy (non-hydrogen) atoms. The van der Waals surface area contributed by atoms with Crippen LogP contribution in [0.4, 0.5) is 5.69 Å². The molecule has 0 saturated carbocycles. The van der Waals surface area contributed by atoms with Gasteiger partial charge in [-0.05, 0) is 18.6 Å². The Labute approximate surface area is 99.1 Å². The fourth-order valence-corrected chi connectivity index (χ4v) is 1.31. The molecule has 0 amide bonds. The van der Waals surface area contributed by atoms with Gasteiger partial charge in [0.15, 0.2) is 6.04 Å². The molecule has 0 aliphatic carbocycles. The molecule has 5 nitrogen and oxygen atoms in total. The van der Waals surface area contributed by atoms with Crippen LogP contribution in [0.5, 0.6) is 0 Å². The van der Waals surface area contributed by atoms with Gasteiger partial charge in [-0.1, -0.05) is 25.1 Å². The molecule has 0 aliphatic rings. The SMILES string of the molecule is CCC(=C=O)C(NNc1ccccc1)C(=O)O. The van der Waals surface area contributed by atoms with E-state index in [0.717, 1.165) is 5.69 Å². The first kappa shape index (κ1) is 13.0. The maximum atomic E-state index is 11.0. The number of nitrogens with one attached hydrogen (secondary N) is 2. The number of hydrogen-bond donors (Lipinski definition) is 3. The van der Waals surface area contributed by atoms with Crippen LogP contribution in [0.3, 0.4) is 0 Å². The van der Waals surface area contributed by atoms with Crippen molar-refractivity contribution in [2.45, 2.75) is 19.4 Å². The first-order valence-electron chi connectivity index (χ1n) is 5.22. The summed E-state index contributed by atoms with van der Waals surface area (Å²) in [5.41, 5.74) is 6.22. The van der Waals surface area contributed by atoms with E-state index in [1.54, 1.807) is 25.0 Å². The third-order valence-corrected chi connectivity index (χ3v) is 2.24. The van der Waals surface area contributed by atoms with E-state index in [2.05, 4.69) is 10.9 Å². The molecule has 0 aromatic heterocycles. The van der Waals surface area contributed by atoms with Gasteiger partial charge in [0.1, 0.15) is 5.94 Å². The number of benzene rings is 1. The molecule has 5 heteroatoms. The van der Waals surface area contributed by atoms with Crippen molar-refractivity contribution in [3.63, 3.8) is 0 Å². The second-order valence-electron chi connectivity index (χ2n) is 3.39. The van der Waals surface area contributed by atoms with E-state index >= 15 is 0 Å². The Kier molecular flexibility index (Phi) is 4.94. The number of aliphatic carboxylic acids is 1. The molecule has 3 N–H and O–H groups in total. The standard InChI is InChI=1S/C12H14N2O3/c1-2-9(8-15)11(12(16)17)14-13-10-6-4-3-5-7-10/h3-7,11,13-14H,2H2,1H3,(H,16,17). The minimum Gasteiger partial charge on any atom is -0.480 e. The lowest BCUT2D eigenvalue weighted by Crippen LogP contribution is -2.41. The largest absolute Gasteiger partial charge is 0.480 e.